The molecule has 1 aromatic rings. The molecule has 0 spiro atoms. The Labute approximate surface area is 93.4 Å². The van der Waals surface area contributed by atoms with Crippen LogP contribution in [-0.2, 0) is 11.2 Å². The van der Waals surface area contributed by atoms with Crippen LogP contribution in [0, 0.1) is 0 Å². The summed E-state index contributed by atoms with van der Waals surface area (Å²) in [4.78, 5) is 13.3. The van der Waals surface area contributed by atoms with Crippen molar-refractivity contribution in [2.45, 2.75) is 12.5 Å². The first-order valence-electron chi connectivity index (χ1n) is 5.47. The second kappa shape index (κ2) is 3.49. The van der Waals surface area contributed by atoms with E-state index in [1.807, 2.05) is 12.1 Å². The highest BCUT2D eigenvalue weighted by atomic mass is 16.5. The van der Waals surface area contributed by atoms with Gasteiger partial charge in [0.2, 0.25) is 0 Å². The molecule has 1 fully saturated rings. The standard InChI is InChI=1S/C12H13NO3/c14-12(15)10-2-1-3-11-9(10)4-5-13(11)8-6-16-7-8/h1-3,8H,4-7H2,(H,14,15). The molecule has 0 amide bonds. The zero-order valence-electron chi connectivity index (χ0n) is 8.85. The maximum atomic E-state index is 11.1. The molecule has 1 N–H and O–H groups in total. The fourth-order valence-electron chi connectivity index (χ4n) is 2.44. The predicted molar refractivity (Wildman–Crippen MR) is 59.1 cm³/mol. The number of anilines is 1. The summed E-state index contributed by atoms with van der Waals surface area (Å²) < 4.78 is 5.18. The van der Waals surface area contributed by atoms with Gasteiger partial charge in [-0.2, -0.15) is 0 Å². The van der Waals surface area contributed by atoms with Gasteiger partial charge in [0, 0.05) is 12.2 Å². The molecule has 0 atom stereocenters. The van der Waals surface area contributed by atoms with Gasteiger partial charge in [-0.3, -0.25) is 0 Å². The van der Waals surface area contributed by atoms with Gasteiger partial charge >= 0.3 is 5.97 Å². The molecule has 4 heteroatoms. The predicted octanol–water partition coefficient (Wildman–Crippen LogP) is 1.15. The van der Waals surface area contributed by atoms with Gasteiger partial charge in [0.25, 0.3) is 0 Å². The minimum absolute atomic E-state index is 0.435. The van der Waals surface area contributed by atoms with Crippen LogP contribution in [0.1, 0.15) is 15.9 Å². The van der Waals surface area contributed by atoms with Crippen molar-refractivity contribution in [2.75, 3.05) is 24.7 Å². The molecule has 3 rings (SSSR count). The quantitative estimate of drug-likeness (QED) is 0.810. The van der Waals surface area contributed by atoms with E-state index < -0.39 is 5.97 Å². The number of nitrogens with zero attached hydrogens (tertiary/aromatic N) is 1. The molecule has 2 aliphatic rings. The molecule has 2 aliphatic heterocycles. The van der Waals surface area contributed by atoms with Crippen molar-refractivity contribution in [3.63, 3.8) is 0 Å². The van der Waals surface area contributed by atoms with E-state index in [1.165, 1.54) is 0 Å². The average molecular weight is 219 g/mol. The van der Waals surface area contributed by atoms with E-state index in [-0.39, 0.29) is 0 Å². The number of carbonyl (C=O) groups is 1. The van der Waals surface area contributed by atoms with Gasteiger partial charge in [-0.05, 0) is 24.1 Å². The molecule has 0 bridgehead atoms. The second-order valence-electron chi connectivity index (χ2n) is 4.24. The normalized spacial score (nSPS) is 19.4. The Balaban J connectivity index is 1.99. The topological polar surface area (TPSA) is 49.8 Å². The van der Waals surface area contributed by atoms with E-state index in [0.717, 1.165) is 37.4 Å². The average Bonchev–Trinajstić information content (AvgIpc) is 2.59. The van der Waals surface area contributed by atoms with Crippen molar-refractivity contribution >= 4 is 11.7 Å². The highest BCUT2D eigenvalue weighted by Crippen LogP contribution is 2.33. The molecule has 16 heavy (non-hydrogen) atoms. The highest BCUT2D eigenvalue weighted by Gasteiger charge is 2.32. The molecule has 4 nitrogen and oxygen atoms in total. The lowest BCUT2D eigenvalue weighted by molar-refractivity contribution is 0.00887. The summed E-state index contributed by atoms with van der Waals surface area (Å²) in [6.07, 6.45) is 0.828. The Bertz CT molecular complexity index is 440. The van der Waals surface area contributed by atoms with Crippen LogP contribution in [0.3, 0.4) is 0 Å². The van der Waals surface area contributed by atoms with E-state index >= 15 is 0 Å². The molecular weight excluding hydrogens is 206 g/mol. The van der Waals surface area contributed by atoms with E-state index in [0.29, 0.717) is 11.6 Å². The lowest BCUT2D eigenvalue weighted by atomic mass is 10.1. The number of carboxylic acids is 1. The lowest BCUT2D eigenvalue weighted by Gasteiger charge is -2.36. The van der Waals surface area contributed by atoms with Gasteiger partial charge in [-0.25, -0.2) is 4.79 Å². The third-order valence-electron chi connectivity index (χ3n) is 3.36. The number of rotatable bonds is 2. The van der Waals surface area contributed by atoms with Gasteiger partial charge < -0.3 is 14.7 Å². The summed E-state index contributed by atoms with van der Waals surface area (Å²) in [5.41, 5.74) is 2.50. The van der Waals surface area contributed by atoms with Crippen LogP contribution in [-0.4, -0.2) is 36.9 Å². The van der Waals surface area contributed by atoms with E-state index in [4.69, 9.17) is 9.84 Å². The fourth-order valence-corrected chi connectivity index (χ4v) is 2.44. The number of carboxylic acid groups (broad SMARTS) is 1. The molecule has 0 aromatic heterocycles. The minimum atomic E-state index is -0.830. The molecule has 1 aromatic carbocycles. The third-order valence-corrected chi connectivity index (χ3v) is 3.36. The minimum Gasteiger partial charge on any atom is -0.478 e. The first-order valence-corrected chi connectivity index (χ1v) is 5.47. The molecule has 84 valence electrons. The van der Waals surface area contributed by atoms with E-state index in [1.54, 1.807) is 6.07 Å². The zero-order valence-corrected chi connectivity index (χ0v) is 8.85. The lowest BCUT2D eigenvalue weighted by Crippen LogP contribution is -2.48. The van der Waals surface area contributed by atoms with Gasteiger partial charge in [0.15, 0.2) is 0 Å². The van der Waals surface area contributed by atoms with Crippen molar-refractivity contribution in [1.82, 2.24) is 0 Å². The Morgan fingerprint density at radius 3 is 2.88 bits per heavy atom. The molecule has 0 unspecified atom stereocenters. The number of ether oxygens (including phenoxy) is 1. The summed E-state index contributed by atoms with van der Waals surface area (Å²) in [5, 5.41) is 9.10. The first-order chi connectivity index (χ1) is 7.77. The number of hydrogen-bond donors (Lipinski definition) is 1. The maximum Gasteiger partial charge on any atom is 0.336 e. The van der Waals surface area contributed by atoms with Crippen molar-refractivity contribution in [3.05, 3.63) is 29.3 Å². The molecule has 2 heterocycles. The largest absolute Gasteiger partial charge is 0.478 e. The Morgan fingerprint density at radius 2 is 2.25 bits per heavy atom. The molecule has 0 saturated carbocycles. The van der Waals surface area contributed by atoms with Crippen LogP contribution < -0.4 is 4.90 Å². The molecule has 0 radical (unpaired) electrons. The van der Waals surface area contributed by atoms with Crippen molar-refractivity contribution in [2.24, 2.45) is 0 Å². The fraction of sp³-hybridized carbons (Fsp3) is 0.417. The maximum absolute atomic E-state index is 11.1. The summed E-state index contributed by atoms with van der Waals surface area (Å²) >= 11 is 0. The van der Waals surface area contributed by atoms with Crippen molar-refractivity contribution < 1.29 is 14.6 Å². The Morgan fingerprint density at radius 1 is 1.44 bits per heavy atom. The monoisotopic (exact) mass is 219 g/mol. The Hall–Kier alpha value is -1.55. The van der Waals surface area contributed by atoms with Crippen LogP contribution in [0.5, 0.6) is 0 Å². The SMILES string of the molecule is O=C(O)c1cccc2c1CCN2C1COC1. The summed E-state index contributed by atoms with van der Waals surface area (Å²) in [5.74, 6) is -0.830. The Kier molecular flexibility index (Phi) is 2.11. The van der Waals surface area contributed by atoms with E-state index in [2.05, 4.69) is 4.90 Å². The first kappa shape index (κ1) is 9.66. The summed E-state index contributed by atoms with van der Waals surface area (Å²) in [7, 11) is 0. The summed E-state index contributed by atoms with van der Waals surface area (Å²) in [6.45, 7) is 2.43. The highest BCUT2D eigenvalue weighted by molar-refractivity contribution is 5.92. The number of aromatic carboxylic acids is 1. The van der Waals surface area contributed by atoms with Crippen molar-refractivity contribution in [1.29, 1.82) is 0 Å². The molecule has 1 saturated heterocycles. The van der Waals surface area contributed by atoms with E-state index in [9.17, 15) is 4.79 Å². The number of fused-ring (bicyclic) bond motifs is 1. The van der Waals surface area contributed by atoms with Crippen LogP contribution in [0.15, 0.2) is 18.2 Å². The van der Waals surface area contributed by atoms with Gasteiger partial charge in [-0.1, -0.05) is 6.07 Å². The van der Waals surface area contributed by atoms with Crippen LogP contribution >= 0.6 is 0 Å². The molecule has 0 aliphatic carbocycles. The zero-order chi connectivity index (χ0) is 11.1. The van der Waals surface area contributed by atoms with Gasteiger partial charge in [0.1, 0.15) is 0 Å². The number of benzene rings is 1. The van der Waals surface area contributed by atoms with Crippen molar-refractivity contribution in [3.8, 4) is 0 Å². The molecular formula is C12H13NO3. The summed E-state index contributed by atoms with van der Waals surface area (Å²) in [6, 6.07) is 5.94. The third kappa shape index (κ3) is 1.30. The second-order valence-corrected chi connectivity index (χ2v) is 4.24. The number of hydrogen-bond acceptors (Lipinski definition) is 3. The van der Waals surface area contributed by atoms with Crippen LogP contribution in [0.25, 0.3) is 0 Å². The smallest absolute Gasteiger partial charge is 0.336 e. The van der Waals surface area contributed by atoms with Crippen LogP contribution in [0.4, 0.5) is 5.69 Å². The van der Waals surface area contributed by atoms with Gasteiger partial charge in [0.05, 0.1) is 24.8 Å². The van der Waals surface area contributed by atoms with Crippen LogP contribution in [0.2, 0.25) is 0 Å². The van der Waals surface area contributed by atoms with Gasteiger partial charge in [-0.15, -0.1) is 0 Å².